The van der Waals surface area contributed by atoms with Gasteiger partial charge in [-0.05, 0) is 43.2 Å². The summed E-state index contributed by atoms with van der Waals surface area (Å²) in [7, 11) is -3.25. The van der Waals surface area contributed by atoms with Crippen molar-refractivity contribution in [1.82, 2.24) is 4.98 Å². The number of nitrogens with one attached hydrogen (secondary N) is 2. The maximum atomic E-state index is 11.3. The summed E-state index contributed by atoms with van der Waals surface area (Å²) >= 11 is 1.64. The number of aromatic nitrogens is 1. The third-order valence-corrected chi connectivity index (χ3v) is 6.64. The highest BCUT2D eigenvalue weighted by Gasteiger charge is 2.67. The minimum Gasteiger partial charge on any atom is -0.356 e. The fourth-order valence-corrected chi connectivity index (χ4v) is 5.94. The Bertz CT molecular complexity index is 868. The Kier molecular flexibility index (Phi) is 3.85. The average molecular weight is 378 g/mol. The fraction of sp³-hybridized carbons (Fsp3) is 0.500. The number of sulfonamides is 1. The van der Waals surface area contributed by atoms with Gasteiger partial charge >= 0.3 is 0 Å². The molecule has 5 nitrogen and oxygen atoms in total. The van der Waals surface area contributed by atoms with Gasteiger partial charge in [0.1, 0.15) is 0 Å². The molecule has 1 aromatic heterocycles. The molecule has 0 atom stereocenters. The number of nitrogens with zero attached hydrogens (tertiary/aromatic N) is 1. The smallest absolute Gasteiger partial charge is 0.229 e. The van der Waals surface area contributed by atoms with E-state index in [0.29, 0.717) is 16.6 Å². The Hall–Kier alpha value is -1.60. The van der Waals surface area contributed by atoms with Crippen molar-refractivity contribution < 1.29 is 8.42 Å². The number of thiazole rings is 1. The van der Waals surface area contributed by atoms with Crippen LogP contribution in [-0.4, -0.2) is 25.2 Å². The summed E-state index contributed by atoms with van der Waals surface area (Å²) in [4.78, 5) is 4.71. The van der Waals surface area contributed by atoms with E-state index < -0.39 is 10.0 Å². The van der Waals surface area contributed by atoms with Crippen LogP contribution < -0.4 is 10.0 Å². The van der Waals surface area contributed by atoms with Gasteiger partial charge in [-0.3, -0.25) is 4.72 Å². The van der Waals surface area contributed by atoms with Crippen molar-refractivity contribution in [2.75, 3.05) is 16.3 Å². The molecular weight excluding hydrogens is 354 g/mol. The van der Waals surface area contributed by atoms with Crippen molar-refractivity contribution in [2.45, 2.75) is 44.6 Å². The molecule has 3 fully saturated rings. The van der Waals surface area contributed by atoms with E-state index in [2.05, 4.69) is 22.3 Å². The van der Waals surface area contributed by atoms with Crippen LogP contribution in [0, 0.1) is 5.41 Å². The van der Waals surface area contributed by atoms with Crippen molar-refractivity contribution in [3.63, 3.8) is 0 Å². The van der Waals surface area contributed by atoms with E-state index >= 15 is 0 Å². The molecule has 3 aliphatic rings. The highest BCUT2D eigenvalue weighted by Crippen LogP contribution is 2.70. The SMILES string of the molecule is CCCC12CC(Nc3nc(-c4ccc(NS(C)(=O)=O)cc4)cs3)(C1)C2. The van der Waals surface area contributed by atoms with E-state index in [9.17, 15) is 8.42 Å². The van der Waals surface area contributed by atoms with Gasteiger partial charge < -0.3 is 5.32 Å². The summed E-state index contributed by atoms with van der Waals surface area (Å²) in [5.74, 6) is 0. The Morgan fingerprint density at radius 1 is 1.20 bits per heavy atom. The van der Waals surface area contributed by atoms with Crippen molar-refractivity contribution in [3.8, 4) is 11.3 Å². The number of hydrogen-bond donors (Lipinski definition) is 2. The number of hydrogen-bond acceptors (Lipinski definition) is 5. The number of benzene rings is 1. The topological polar surface area (TPSA) is 71.1 Å². The molecule has 0 saturated heterocycles. The molecule has 0 amide bonds. The molecule has 3 aliphatic carbocycles. The number of rotatable bonds is 7. The predicted octanol–water partition coefficient (Wildman–Crippen LogP) is 4.32. The van der Waals surface area contributed by atoms with Crippen LogP contribution >= 0.6 is 11.3 Å². The fourth-order valence-electron chi connectivity index (χ4n) is 4.54. The van der Waals surface area contributed by atoms with Gasteiger partial charge in [-0.15, -0.1) is 11.3 Å². The van der Waals surface area contributed by atoms with Gasteiger partial charge in [0.05, 0.1) is 11.9 Å². The first-order valence-electron chi connectivity index (χ1n) is 8.62. The second-order valence-electron chi connectivity index (χ2n) is 7.68. The van der Waals surface area contributed by atoms with Crippen LogP contribution in [0.25, 0.3) is 11.3 Å². The largest absolute Gasteiger partial charge is 0.356 e. The lowest BCUT2D eigenvalue weighted by Gasteiger charge is -2.71. The Labute approximate surface area is 152 Å². The third-order valence-electron chi connectivity index (χ3n) is 5.28. The molecule has 134 valence electrons. The molecular formula is C18H23N3O2S2. The van der Waals surface area contributed by atoms with Gasteiger partial charge in [0, 0.05) is 22.2 Å². The van der Waals surface area contributed by atoms with Crippen LogP contribution in [-0.2, 0) is 10.0 Å². The summed E-state index contributed by atoms with van der Waals surface area (Å²) in [6.45, 7) is 2.27. The molecule has 25 heavy (non-hydrogen) atoms. The molecule has 5 rings (SSSR count). The summed E-state index contributed by atoms with van der Waals surface area (Å²) in [5, 5.41) is 6.69. The van der Waals surface area contributed by atoms with Crippen LogP contribution in [0.2, 0.25) is 0 Å². The molecule has 0 spiro atoms. The zero-order valence-corrected chi connectivity index (χ0v) is 16.1. The highest BCUT2D eigenvalue weighted by atomic mass is 32.2. The molecule has 2 bridgehead atoms. The third kappa shape index (κ3) is 3.27. The molecule has 3 saturated carbocycles. The lowest BCUT2D eigenvalue weighted by molar-refractivity contribution is -0.122. The van der Waals surface area contributed by atoms with Crippen molar-refractivity contribution in [3.05, 3.63) is 29.6 Å². The lowest BCUT2D eigenvalue weighted by atomic mass is 9.38. The lowest BCUT2D eigenvalue weighted by Crippen LogP contribution is -2.70. The Morgan fingerprint density at radius 2 is 1.88 bits per heavy atom. The minimum atomic E-state index is -3.25. The normalized spacial score (nSPS) is 27.3. The Balaban J connectivity index is 1.40. The summed E-state index contributed by atoms with van der Waals surface area (Å²) in [6.07, 6.45) is 7.64. The molecule has 0 aliphatic heterocycles. The second-order valence-corrected chi connectivity index (χ2v) is 10.3. The first-order chi connectivity index (χ1) is 11.8. The molecule has 1 aromatic carbocycles. The van der Waals surface area contributed by atoms with E-state index in [1.54, 1.807) is 23.5 Å². The minimum absolute atomic E-state index is 0.299. The highest BCUT2D eigenvalue weighted by molar-refractivity contribution is 7.92. The zero-order valence-electron chi connectivity index (χ0n) is 14.5. The van der Waals surface area contributed by atoms with Gasteiger partial charge in [0.2, 0.25) is 10.0 Å². The number of anilines is 2. The van der Waals surface area contributed by atoms with Crippen LogP contribution in [0.3, 0.4) is 0 Å². The van der Waals surface area contributed by atoms with Gasteiger partial charge in [0.15, 0.2) is 5.13 Å². The van der Waals surface area contributed by atoms with E-state index in [4.69, 9.17) is 4.98 Å². The van der Waals surface area contributed by atoms with Gasteiger partial charge in [0.25, 0.3) is 0 Å². The van der Waals surface area contributed by atoms with Crippen LogP contribution in [0.1, 0.15) is 39.0 Å². The van der Waals surface area contributed by atoms with E-state index in [1.165, 1.54) is 32.1 Å². The first kappa shape index (κ1) is 16.8. The van der Waals surface area contributed by atoms with Crippen LogP contribution in [0.4, 0.5) is 10.8 Å². The van der Waals surface area contributed by atoms with E-state index in [1.807, 2.05) is 12.1 Å². The van der Waals surface area contributed by atoms with Gasteiger partial charge in [-0.25, -0.2) is 13.4 Å². The summed E-state index contributed by atoms with van der Waals surface area (Å²) < 4.78 is 25.0. The van der Waals surface area contributed by atoms with E-state index in [0.717, 1.165) is 22.6 Å². The summed E-state index contributed by atoms with van der Waals surface area (Å²) in [6, 6.07) is 7.31. The van der Waals surface area contributed by atoms with Crippen molar-refractivity contribution in [1.29, 1.82) is 0 Å². The molecule has 0 unspecified atom stereocenters. The maximum Gasteiger partial charge on any atom is 0.229 e. The van der Waals surface area contributed by atoms with Gasteiger partial charge in [-0.2, -0.15) is 0 Å². The monoisotopic (exact) mass is 377 g/mol. The van der Waals surface area contributed by atoms with Crippen LogP contribution in [0.15, 0.2) is 29.6 Å². The Morgan fingerprint density at radius 3 is 2.48 bits per heavy atom. The standard InChI is InChI=1S/C18H23N3O2S2/c1-3-8-17-10-18(11-17,12-17)20-16-19-15(9-24-16)13-4-6-14(7-5-13)21-25(2,22)23/h4-7,9,21H,3,8,10-12H2,1-2H3,(H,19,20). The molecule has 0 radical (unpaired) electrons. The average Bonchev–Trinajstić information content (AvgIpc) is 2.91. The van der Waals surface area contributed by atoms with E-state index in [-0.39, 0.29) is 0 Å². The van der Waals surface area contributed by atoms with Gasteiger partial charge in [-0.1, -0.05) is 25.5 Å². The zero-order chi connectivity index (χ0) is 17.7. The summed E-state index contributed by atoms with van der Waals surface area (Å²) in [5.41, 5.74) is 3.41. The van der Waals surface area contributed by atoms with Crippen LogP contribution in [0.5, 0.6) is 0 Å². The molecule has 1 heterocycles. The quantitative estimate of drug-likeness (QED) is 0.754. The first-order valence-corrected chi connectivity index (χ1v) is 11.4. The second kappa shape index (κ2) is 5.71. The van der Waals surface area contributed by atoms with Crippen molar-refractivity contribution in [2.24, 2.45) is 5.41 Å². The molecule has 7 heteroatoms. The predicted molar refractivity (Wildman–Crippen MR) is 104 cm³/mol. The molecule has 2 aromatic rings. The maximum absolute atomic E-state index is 11.3. The van der Waals surface area contributed by atoms with Crippen molar-refractivity contribution >= 4 is 32.2 Å². The molecule has 2 N–H and O–H groups in total.